The monoisotopic (exact) mass is 422 g/mol. The SMILES string of the molecule is CCOc1ccc(/C=C2/SC(=Nc3ccc(Cl)c(Cl)c3)NC2=O)cc1OC. The maximum Gasteiger partial charge on any atom is 0.264 e. The summed E-state index contributed by atoms with van der Waals surface area (Å²) in [6, 6.07) is 10.5. The molecule has 0 saturated carbocycles. The minimum absolute atomic E-state index is 0.216. The van der Waals surface area contributed by atoms with Gasteiger partial charge in [-0.05, 0) is 60.7 Å². The Balaban J connectivity index is 1.82. The van der Waals surface area contributed by atoms with Gasteiger partial charge in [0.15, 0.2) is 16.7 Å². The molecule has 3 rings (SSSR count). The van der Waals surface area contributed by atoms with Crippen molar-refractivity contribution in [2.75, 3.05) is 13.7 Å². The van der Waals surface area contributed by atoms with E-state index in [4.69, 9.17) is 32.7 Å². The molecule has 1 aliphatic heterocycles. The molecule has 27 heavy (non-hydrogen) atoms. The topological polar surface area (TPSA) is 59.9 Å². The summed E-state index contributed by atoms with van der Waals surface area (Å²) in [7, 11) is 1.58. The van der Waals surface area contributed by atoms with Crippen LogP contribution in [0.5, 0.6) is 11.5 Å². The van der Waals surface area contributed by atoms with E-state index in [0.29, 0.717) is 43.9 Å². The Hall–Kier alpha value is -2.15. The number of hydrogen-bond donors (Lipinski definition) is 1. The molecule has 1 saturated heterocycles. The molecule has 0 atom stereocenters. The van der Waals surface area contributed by atoms with Gasteiger partial charge in [0.1, 0.15) is 0 Å². The zero-order valence-electron chi connectivity index (χ0n) is 14.6. The van der Waals surface area contributed by atoms with Crippen LogP contribution < -0.4 is 14.8 Å². The van der Waals surface area contributed by atoms with Gasteiger partial charge in [0.05, 0.1) is 34.4 Å². The van der Waals surface area contributed by atoms with Gasteiger partial charge < -0.3 is 14.8 Å². The van der Waals surface area contributed by atoms with Crippen LogP contribution in [0.2, 0.25) is 10.0 Å². The smallest absolute Gasteiger partial charge is 0.264 e. The lowest BCUT2D eigenvalue weighted by molar-refractivity contribution is -0.115. The summed E-state index contributed by atoms with van der Waals surface area (Å²) in [5, 5.41) is 4.08. The number of rotatable bonds is 5. The average molecular weight is 423 g/mol. The molecule has 1 amide bonds. The molecular weight excluding hydrogens is 407 g/mol. The van der Waals surface area contributed by atoms with Crippen LogP contribution in [0, 0.1) is 0 Å². The molecule has 0 spiro atoms. The van der Waals surface area contributed by atoms with Gasteiger partial charge in [0.2, 0.25) is 0 Å². The van der Waals surface area contributed by atoms with Gasteiger partial charge in [-0.15, -0.1) is 0 Å². The number of thioether (sulfide) groups is 1. The summed E-state index contributed by atoms with van der Waals surface area (Å²) in [5.74, 6) is 1.05. The number of nitrogens with zero attached hydrogens (tertiary/aromatic N) is 1. The van der Waals surface area contributed by atoms with E-state index in [-0.39, 0.29) is 5.91 Å². The number of nitrogens with one attached hydrogen (secondary N) is 1. The molecule has 2 aromatic carbocycles. The van der Waals surface area contributed by atoms with Crippen molar-refractivity contribution in [2.45, 2.75) is 6.92 Å². The third kappa shape index (κ3) is 4.77. The highest BCUT2D eigenvalue weighted by Gasteiger charge is 2.24. The van der Waals surface area contributed by atoms with E-state index in [9.17, 15) is 4.79 Å². The maximum absolute atomic E-state index is 12.2. The van der Waals surface area contributed by atoms with Crippen molar-refractivity contribution in [1.29, 1.82) is 0 Å². The van der Waals surface area contributed by atoms with Gasteiger partial charge in [0.25, 0.3) is 5.91 Å². The molecule has 1 N–H and O–H groups in total. The van der Waals surface area contributed by atoms with Crippen LogP contribution in [-0.4, -0.2) is 24.8 Å². The number of amides is 1. The van der Waals surface area contributed by atoms with E-state index < -0.39 is 0 Å². The Morgan fingerprint density at radius 3 is 2.67 bits per heavy atom. The van der Waals surface area contributed by atoms with Crippen LogP contribution in [-0.2, 0) is 4.79 Å². The first kappa shape index (κ1) is 19.6. The van der Waals surface area contributed by atoms with Crippen molar-refractivity contribution < 1.29 is 14.3 Å². The van der Waals surface area contributed by atoms with Crippen molar-refractivity contribution in [3.05, 3.63) is 56.9 Å². The molecule has 0 unspecified atom stereocenters. The van der Waals surface area contributed by atoms with Gasteiger partial charge in [-0.1, -0.05) is 29.3 Å². The Kier molecular flexibility index (Phi) is 6.31. The first-order valence-electron chi connectivity index (χ1n) is 8.05. The van der Waals surface area contributed by atoms with Crippen molar-refractivity contribution in [2.24, 2.45) is 4.99 Å². The molecule has 1 aliphatic rings. The highest BCUT2D eigenvalue weighted by molar-refractivity contribution is 8.18. The molecule has 2 aromatic rings. The minimum atomic E-state index is -0.216. The Bertz CT molecular complexity index is 945. The number of halogens is 2. The molecule has 1 fully saturated rings. The second-order valence-electron chi connectivity index (χ2n) is 5.42. The number of carbonyl (C=O) groups is 1. The predicted octanol–water partition coefficient (Wildman–Crippen LogP) is 5.29. The fourth-order valence-corrected chi connectivity index (χ4v) is 3.49. The Labute approximate surface area is 171 Å². The fourth-order valence-electron chi connectivity index (χ4n) is 2.35. The average Bonchev–Trinajstić information content (AvgIpc) is 2.98. The zero-order chi connectivity index (χ0) is 19.4. The lowest BCUT2D eigenvalue weighted by atomic mass is 10.2. The zero-order valence-corrected chi connectivity index (χ0v) is 16.9. The molecule has 140 valence electrons. The summed E-state index contributed by atoms with van der Waals surface area (Å²) in [4.78, 5) is 17.2. The molecule has 0 bridgehead atoms. The minimum Gasteiger partial charge on any atom is -0.493 e. The number of carbonyl (C=O) groups excluding carboxylic acids is 1. The molecule has 0 aromatic heterocycles. The second-order valence-corrected chi connectivity index (χ2v) is 7.27. The number of hydrogen-bond acceptors (Lipinski definition) is 5. The van der Waals surface area contributed by atoms with E-state index in [2.05, 4.69) is 10.3 Å². The first-order valence-corrected chi connectivity index (χ1v) is 9.63. The van der Waals surface area contributed by atoms with Gasteiger partial charge in [-0.2, -0.15) is 0 Å². The normalized spacial score (nSPS) is 16.7. The number of ether oxygens (including phenoxy) is 2. The number of aliphatic imine (C=N–C) groups is 1. The van der Waals surface area contributed by atoms with Crippen molar-refractivity contribution in [3.8, 4) is 11.5 Å². The molecule has 8 heteroatoms. The largest absolute Gasteiger partial charge is 0.493 e. The van der Waals surface area contributed by atoms with Crippen LogP contribution in [0.4, 0.5) is 5.69 Å². The molecule has 0 aliphatic carbocycles. The second kappa shape index (κ2) is 8.69. The van der Waals surface area contributed by atoms with Gasteiger partial charge in [0, 0.05) is 0 Å². The van der Waals surface area contributed by atoms with Crippen molar-refractivity contribution in [1.82, 2.24) is 5.32 Å². The summed E-state index contributed by atoms with van der Waals surface area (Å²) in [5.41, 5.74) is 1.43. The van der Waals surface area contributed by atoms with Crippen LogP contribution in [0.15, 0.2) is 46.3 Å². The third-order valence-electron chi connectivity index (χ3n) is 3.57. The predicted molar refractivity (Wildman–Crippen MR) is 111 cm³/mol. The van der Waals surface area contributed by atoms with E-state index in [1.165, 1.54) is 11.8 Å². The molecular formula is C19H16Cl2N2O3S. The van der Waals surface area contributed by atoms with Crippen molar-refractivity contribution in [3.63, 3.8) is 0 Å². The first-order chi connectivity index (χ1) is 13.0. The van der Waals surface area contributed by atoms with E-state index in [1.54, 1.807) is 31.4 Å². The summed E-state index contributed by atoms with van der Waals surface area (Å²) < 4.78 is 10.8. The molecule has 5 nitrogen and oxygen atoms in total. The van der Waals surface area contributed by atoms with Crippen LogP contribution in [0.25, 0.3) is 6.08 Å². The van der Waals surface area contributed by atoms with E-state index >= 15 is 0 Å². The van der Waals surface area contributed by atoms with E-state index in [0.717, 1.165) is 5.56 Å². The third-order valence-corrected chi connectivity index (χ3v) is 5.22. The van der Waals surface area contributed by atoms with Gasteiger partial charge >= 0.3 is 0 Å². The fraction of sp³-hybridized carbons (Fsp3) is 0.158. The Morgan fingerprint density at radius 1 is 1.15 bits per heavy atom. The van der Waals surface area contributed by atoms with Crippen LogP contribution >= 0.6 is 35.0 Å². The lowest BCUT2D eigenvalue weighted by Crippen LogP contribution is -2.19. The standard InChI is InChI=1S/C19H16Cl2N2O3S/c1-3-26-15-7-4-11(8-16(15)25-2)9-17-18(24)23-19(27-17)22-12-5-6-13(20)14(21)10-12/h4-10H,3H2,1-2H3,(H,22,23,24)/b17-9+. The molecule has 1 heterocycles. The van der Waals surface area contributed by atoms with Crippen LogP contribution in [0.3, 0.4) is 0 Å². The summed E-state index contributed by atoms with van der Waals surface area (Å²) in [6.45, 7) is 2.45. The van der Waals surface area contributed by atoms with Gasteiger partial charge in [-0.25, -0.2) is 4.99 Å². The Morgan fingerprint density at radius 2 is 1.96 bits per heavy atom. The van der Waals surface area contributed by atoms with E-state index in [1.807, 2.05) is 25.1 Å². The number of benzene rings is 2. The summed E-state index contributed by atoms with van der Waals surface area (Å²) >= 11 is 13.2. The van der Waals surface area contributed by atoms with Crippen molar-refractivity contribution >= 4 is 57.8 Å². The summed E-state index contributed by atoms with van der Waals surface area (Å²) in [6.07, 6.45) is 1.77. The number of amidine groups is 1. The number of methoxy groups -OCH3 is 1. The van der Waals surface area contributed by atoms with Gasteiger partial charge in [-0.3, -0.25) is 4.79 Å². The lowest BCUT2D eigenvalue weighted by Gasteiger charge is -2.09. The maximum atomic E-state index is 12.2. The molecule has 0 radical (unpaired) electrons. The highest BCUT2D eigenvalue weighted by atomic mass is 35.5. The highest BCUT2D eigenvalue weighted by Crippen LogP contribution is 2.33. The van der Waals surface area contributed by atoms with Crippen LogP contribution in [0.1, 0.15) is 12.5 Å². The quantitative estimate of drug-likeness (QED) is 0.664.